The summed E-state index contributed by atoms with van der Waals surface area (Å²) in [4.78, 5) is 41.2. The van der Waals surface area contributed by atoms with E-state index in [1.165, 1.54) is 18.3 Å². The number of H-pyrrole nitrogens is 1. The van der Waals surface area contributed by atoms with Crippen molar-refractivity contribution >= 4 is 17.7 Å². The van der Waals surface area contributed by atoms with Gasteiger partial charge in [-0.05, 0) is 43.2 Å². The van der Waals surface area contributed by atoms with Crippen molar-refractivity contribution in [1.29, 1.82) is 0 Å². The number of furan rings is 1. The Morgan fingerprint density at radius 3 is 2.66 bits per heavy atom. The minimum Gasteiger partial charge on any atom is -0.461 e. The van der Waals surface area contributed by atoms with Gasteiger partial charge in [0, 0.05) is 31.3 Å². The molecular weight excluding hydrogens is 415 g/mol. The van der Waals surface area contributed by atoms with Gasteiger partial charge in [-0.15, -0.1) is 0 Å². The third-order valence-corrected chi connectivity index (χ3v) is 5.37. The second-order valence-electron chi connectivity index (χ2n) is 7.63. The van der Waals surface area contributed by atoms with Crippen LogP contribution in [0.1, 0.15) is 45.9 Å². The summed E-state index contributed by atoms with van der Waals surface area (Å²) < 4.78 is 24.5. The van der Waals surface area contributed by atoms with Gasteiger partial charge < -0.3 is 19.0 Å². The Labute approximate surface area is 184 Å². The van der Waals surface area contributed by atoms with Crippen molar-refractivity contribution in [3.8, 4) is 11.3 Å². The minimum absolute atomic E-state index is 0.0172. The van der Waals surface area contributed by atoms with Gasteiger partial charge in [0.15, 0.2) is 6.61 Å². The quantitative estimate of drug-likeness (QED) is 0.424. The molecule has 1 saturated heterocycles. The number of carbonyl (C=O) groups excluding carboxylic acids is 3. The first-order valence-corrected chi connectivity index (χ1v) is 10.5. The summed E-state index contributed by atoms with van der Waals surface area (Å²) in [7, 11) is 0. The topological polar surface area (TPSA) is 92.6 Å². The Kier molecular flexibility index (Phi) is 6.49. The van der Waals surface area contributed by atoms with Crippen LogP contribution in [-0.4, -0.2) is 47.2 Å². The highest BCUT2D eigenvalue weighted by atomic mass is 19.1. The number of hydrogen-bond donors (Lipinski definition) is 1. The lowest BCUT2D eigenvalue weighted by Crippen LogP contribution is -2.27. The van der Waals surface area contributed by atoms with Crippen LogP contribution in [0, 0.1) is 5.82 Å². The lowest BCUT2D eigenvalue weighted by atomic mass is 10.1. The molecule has 0 saturated carbocycles. The van der Waals surface area contributed by atoms with Crippen LogP contribution in [0.3, 0.4) is 0 Å². The maximum absolute atomic E-state index is 13.8. The van der Waals surface area contributed by atoms with Crippen molar-refractivity contribution < 1.29 is 27.9 Å². The van der Waals surface area contributed by atoms with Crippen molar-refractivity contribution in [3.05, 3.63) is 71.5 Å². The van der Waals surface area contributed by atoms with Crippen molar-refractivity contribution in [2.45, 2.75) is 25.7 Å². The number of hydrogen-bond acceptors (Lipinski definition) is 5. The van der Waals surface area contributed by atoms with Gasteiger partial charge in [0.05, 0.1) is 12.0 Å². The lowest BCUT2D eigenvalue weighted by molar-refractivity contribution is -0.142. The van der Waals surface area contributed by atoms with Crippen LogP contribution >= 0.6 is 0 Å². The number of nitrogens with one attached hydrogen (secondary N) is 1. The molecule has 3 heterocycles. The van der Waals surface area contributed by atoms with Gasteiger partial charge in [0.1, 0.15) is 23.0 Å². The third-order valence-electron chi connectivity index (χ3n) is 5.37. The maximum Gasteiger partial charge on any atom is 0.306 e. The zero-order valence-electron chi connectivity index (χ0n) is 17.4. The highest BCUT2D eigenvalue weighted by Gasteiger charge is 2.22. The standard InChI is InChI=1S/C24H23FN2O5/c25-19-6-2-1-5-18(19)22-9-7-17(32-22)8-10-23(29)31-15-21(28)16-13-20(26-14-16)24(30)27-11-3-4-12-27/h1-2,5-7,9,13-14,26H,3-4,8,10-12,15H2. The predicted octanol–water partition coefficient (Wildman–Crippen LogP) is 4.01. The van der Waals surface area contributed by atoms with E-state index in [2.05, 4.69) is 4.98 Å². The Morgan fingerprint density at radius 1 is 1.09 bits per heavy atom. The predicted molar refractivity (Wildman–Crippen MR) is 114 cm³/mol. The Balaban J connectivity index is 1.24. The summed E-state index contributed by atoms with van der Waals surface area (Å²) in [5.41, 5.74) is 0.993. The Hall–Kier alpha value is -3.68. The number of likely N-dealkylation sites (tertiary alicyclic amines) is 1. The number of ketones is 1. The SMILES string of the molecule is O=C(CCc1ccc(-c2ccccc2F)o1)OCC(=O)c1c[nH]c(C(=O)N2CCCC2)c1. The number of esters is 1. The molecule has 32 heavy (non-hydrogen) atoms. The van der Waals surface area contributed by atoms with E-state index in [9.17, 15) is 18.8 Å². The largest absolute Gasteiger partial charge is 0.461 e. The third kappa shape index (κ3) is 4.96. The molecule has 0 aliphatic carbocycles. The van der Waals surface area contributed by atoms with E-state index in [0.29, 0.717) is 28.3 Å². The molecule has 1 aliphatic rings. The molecule has 1 N–H and O–H groups in total. The summed E-state index contributed by atoms with van der Waals surface area (Å²) in [6.45, 7) is 1.03. The first-order chi connectivity index (χ1) is 15.5. The molecule has 0 unspecified atom stereocenters. The van der Waals surface area contributed by atoms with Gasteiger partial charge in [-0.2, -0.15) is 0 Å². The summed E-state index contributed by atoms with van der Waals surface area (Å²) in [5.74, 6) is -0.565. The van der Waals surface area contributed by atoms with E-state index >= 15 is 0 Å². The number of amides is 1. The van der Waals surface area contributed by atoms with Crippen molar-refractivity contribution in [2.75, 3.05) is 19.7 Å². The maximum atomic E-state index is 13.8. The van der Waals surface area contributed by atoms with Crippen LogP contribution in [0.25, 0.3) is 11.3 Å². The molecule has 7 nitrogen and oxygen atoms in total. The van der Waals surface area contributed by atoms with E-state index in [0.717, 1.165) is 25.9 Å². The molecule has 166 valence electrons. The average Bonchev–Trinajstić information content (AvgIpc) is 3.57. The molecule has 0 radical (unpaired) electrons. The van der Waals surface area contributed by atoms with Gasteiger partial charge >= 0.3 is 5.97 Å². The number of carbonyl (C=O) groups is 3. The molecule has 1 amide bonds. The monoisotopic (exact) mass is 438 g/mol. The van der Waals surface area contributed by atoms with Gasteiger partial charge in [0.25, 0.3) is 5.91 Å². The van der Waals surface area contributed by atoms with Gasteiger partial charge in [-0.3, -0.25) is 14.4 Å². The van der Waals surface area contributed by atoms with Crippen molar-refractivity contribution in [1.82, 2.24) is 9.88 Å². The normalized spacial score (nSPS) is 13.3. The minimum atomic E-state index is -0.550. The van der Waals surface area contributed by atoms with Crippen LogP contribution in [0.5, 0.6) is 0 Å². The van der Waals surface area contributed by atoms with E-state index in [1.807, 2.05) is 0 Å². The number of halogens is 1. The molecule has 1 fully saturated rings. The zero-order chi connectivity index (χ0) is 22.5. The van der Waals surface area contributed by atoms with Crippen LogP contribution < -0.4 is 0 Å². The van der Waals surface area contributed by atoms with Crippen LogP contribution in [-0.2, 0) is 16.0 Å². The first-order valence-electron chi connectivity index (χ1n) is 10.5. The second kappa shape index (κ2) is 9.64. The van der Waals surface area contributed by atoms with Crippen LogP contribution in [0.15, 0.2) is 53.1 Å². The fourth-order valence-corrected chi connectivity index (χ4v) is 3.61. The van der Waals surface area contributed by atoms with E-state index < -0.39 is 18.4 Å². The number of aromatic nitrogens is 1. The van der Waals surface area contributed by atoms with E-state index in [4.69, 9.17) is 9.15 Å². The van der Waals surface area contributed by atoms with Crippen molar-refractivity contribution in [2.24, 2.45) is 0 Å². The highest BCUT2D eigenvalue weighted by Crippen LogP contribution is 2.25. The molecule has 3 aromatic rings. The molecular formula is C24H23FN2O5. The summed E-state index contributed by atoms with van der Waals surface area (Å²) in [6, 6.07) is 11.1. The smallest absolute Gasteiger partial charge is 0.306 e. The van der Waals surface area contributed by atoms with Gasteiger partial charge in [0.2, 0.25) is 5.78 Å². The fraction of sp³-hybridized carbons (Fsp3) is 0.292. The Bertz CT molecular complexity index is 1130. The molecule has 1 aromatic carbocycles. The summed E-state index contributed by atoms with van der Waals surface area (Å²) in [6.07, 6.45) is 3.70. The van der Waals surface area contributed by atoms with E-state index in [1.54, 1.807) is 35.2 Å². The summed E-state index contributed by atoms with van der Waals surface area (Å²) >= 11 is 0. The number of Topliss-reactive ketones (excluding diaryl/α,β-unsaturated/α-hetero) is 1. The van der Waals surface area contributed by atoms with Gasteiger partial charge in [-0.25, -0.2) is 4.39 Å². The molecule has 0 bridgehead atoms. The zero-order valence-corrected chi connectivity index (χ0v) is 17.4. The molecule has 4 rings (SSSR count). The molecule has 0 spiro atoms. The number of aromatic amines is 1. The number of rotatable bonds is 8. The average molecular weight is 438 g/mol. The van der Waals surface area contributed by atoms with Crippen LogP contribution in [0.2, 0.25) is 0 Å². The second-order valence-corrected chi connectivity index (χ2v) is 7.63. The summed E-state index contributed by atoms with van der Waals surface area (Å²) in [5, 5.41) is 0. The molecule has 1 aliphatic heterocycles. The number of benzene rings is 1. The number of ether oxygens (including phenoxy) is 1. The molecule has 2 aromatic heterocycles. The van der Waals surface area contributed by atoms with E-state index in [-0.39, 0.29) is 24.6 Å². The van der Waals surface area contributed by atoms with Gasteiger partial charge in [-0.1, -0.05) is 12.1 Å². The van der Waals surface area contributed by atoms with Crippen molar-refractivity contribution in [3.63, 3.8) is 0 Å². The Morgan fingerprint density at radius 2 is 1.88 bits per heavy atom. The number of aryl methyl sites for hydroxylation is 1. The molecule has 8 heteroatoms. The highest BCUT2D eigenvalue weighted by molar-refractivity contribution is 6.01. The molecule has 0 atom stereocenters. The first kappa shape index (κ1) is 21.5. The lowest BCUT2D eigenvalue weighted by Gasteiger charge is -2.13. The number of nitrogens with zero attached hydrogens (tertiary/aromatic N) is 1. The van der Waals surface area contributed by atoms with Crippen LogP contribution in [0.4, 0.5) is 4.39 Å². The fourth-order valence-electron chi connectivity index (χ4n) is 3.61.